The molecule has 2 aromatic carbocycles. The third-order valence-corrected chi connectivity index (χ3v) is 4.52. The van der Waals surface area contributed by atoms with Gasteiger partial charge in [0.2, 0.25) is 0 Å². The number of aryl methyl sites for hydroxylation is 1. The van der Waals surface area contributed by atoms with Crippen LogP contribution >= 0.6 is 0 Å². The number of benzene rings is 2. The lowest BCUT2D eigenvalue weighted by molar-refractivity contribution is 0.190. The Bertz CT molecular complexity index is 681. The highest BCUT2D eigenvalue weighted by Crippen LogP contribution is 2.37. The van der Waals surface area contributed by atoms with Gasteiger partial charge in [-0.3, -0.25) is 0 Å². The molecule has 1 aliphatic rings. The van der Waals surface area contributed by atoms with Crippen LogP contribution in [0.4, 0.5) is 5.69 Å². The third-order valence-electron chi connectivity index (χ3n) is 4.52. The second kappa shape index (κ2) is 6.53. The standard InChI is InChI=1S/C20H25NO2/c1-4-15-7-5-6-8-16(15)11-18-13-21(14(2)3)19-12-17(22)9-10-20(19)23-18/h5-10,12,14,18,22H,4,11,13H2,1-3H3. The first-order valence-corrected chi connectivity index (χ1v) is 8.41. The highest BCUT2D eigenvalue weighted by Gasteiger charge is 2.28. The van der Waals surface area contributed by atoms with E-state index in [0.717, 1.165) is 30.8 Å². The molecule has 3 nitrogen and oxygen atoms in total. The molecule has 0 saturated heterocycles. The molecule has 1 N–H and O–H groups in total. The molecule has 0 amide bonds. The fourth-order valence-corrected chi connectivity index (χ4v) is 3.31. The molecule has 3 heteroatoms. The van der Waals surface area contributed by atoms with Gasteiger partial charge in [-0.2, -0.15) is 0 Å². The van der Waals surface area contributed by atoms with Crippen molar-refractivity contribution in [3.05, 3.63) is 53.6 Å². The molecule has 0 aromatic heterocycles. The first-order chi connectivity index (χ1) is 11.1. The predicted molar refractivity (Wildman–Crippen MR) is 94.5 cm³/mol. The Labute approximate surface area is 138 Å². The van der Waals surface area contributed by atoms with Gasteiger partial charge in [-0.05, 0) is 43.5 Å². The highest BCUT2D eigenvalue weighted by molar-refractivity contribution is 5.63. The molecule has 1 unspecified atom stereocenters. The van der Waals surface area contributed by atoms with E-state index in [-0.39, 0.29) is 11.9 Å². The Morgan fingerprint density at radius 1 is 1.17 bits per heavy atom. The van der Waals surface area contributed by atoms with Crippen molar-refractivity contribution in [1.29, 1.82) is 0 Å². The van der Waals surface area contributed by atoms with Crippen LogP contribution in [0, 0.1) is 0 Å². The molecule has 1 aliphatic heterocycles. The van der Waals surface area contributed by atoms with Crippen molar-refractivity contribution in [2.24, 2.45) is 0 Å². The van der Waals surface area contributed by atoms with Gasteiger partial charge in [0.05, 0.1) is 12.2 Å². The molecule has 0 fully saturated rings. The van der Waals surface area contributed by atoms with Crippen LogP contribution in [-0.4, -0.2) is 23.8 Å². The van der Waals surface area contributed by atoms with E-state index in [1.54, 1.807) is 12.1 Å². The third kappa shape index (κ3) is 3.29. The quantitative estimate of drug-likeness (QED) is 0.919. The van der Waals surface area contributed by atoms with Crippen LogP contribution in [0.15, 0.2) is 42.5 Å². The molecule has 1 atom stereocenters. The van der Waals surface area contributed by atoms with Gasteiger partial charge in [0.25, 0.3) is 0 Å². The van der Waals surface area contributed by atoms with E-state index in [1.165, 1.54) is 11.1 Å². The molecule has 2 aromatic rings. The first-order valence-electron chi connectivity index (χ1n) is 8.41. The minimum atomic E-state index is 0.127. The normalized spacial score (nSPS) is 17.0. The Hall–Kier alpha value is -2.16. The summed E-state index contributed by atoms with van der Waals surface area (Å²) in [6, 6.07) is 14.3. The van der Waals surface area contributed by atoms with Crippen LogP contribution in [0.2, 0.25) is 0 Å². The van der Waals surface area contributed by atoms with Crippen molar-refractivity contribution >= 4 is 5.69 Å². The molecule has 0 spiro atoms. The minimum absolute atomic E-state index is 0.127. The van der Waals surface area contributed by atoms with Crippen LogP contribution in [0.3, 0.4) is 0 Å². The summed E-state index contributed by atoms with van der Waals surface area (Å²) in [7, 11) is 0. The van der Waals surface area contributed by atoms with Gasteiger partial charge in [0, 0.05) is 18.5 Å². The smallest absolute Gasteiger partial charge is 0.143 e. The fourth-order valence-electron chi connectivity index (χ4n) is 3.31. The monoisotopic (exact) mass is 311 g/mol. The maximum absolute atomic E-state index is 9.77. The summed E-state index contributed by atoms with van der Waals surface area (Å²) in [5.41, 5.74) is 3.75. The number of fused-ring (bicyclic) bond motifs is 1. The summed E-state index contributed by atoms with van der Waals surface area (Å²) in [5, 5.41) is 9.77. The highest BCUT2D eigenvalue weighted by atomic mass is 16.5. The maximum Gasteiger partial charge on any atom is 0.143 e. The topological polar surface area (TPSA) is 32.7 Å². The number of anilines is 1. The van der Waals surface area contributed by atoms with Crippen LogP contribution < -0.4 is 9.64 Å². The molecular weight excluding hydrogens is 286 g/mol. The van der Waals surface area contributed by atoms with Crippen molar-refractivity contribution in [3.8, 4) is 11.5 Å². The Morgan fingerprint density at radius 3 is 2.61 bits per heavy atom. The summed E-state index contributed by atoms with van der Waals surface area (Å²) in [4.78, 5) is 2.32. The molecule has 0 aliphatic carbocycles. The SMILES string of the molecule is CCc1ccccc1CC1CN(C(C)C)c2cc(O)ccc2O1. The summed E-state index contributed by atoms with van der Waals surface area (Å²) in [6.45, 7) is 7.39. The number of nitrogens with zero attached hydrogens (tertiary/aromatic N) is 1. The number of phenols is 1. The molecule has 3 rings (SSSR count). The Kier molecular flexibility index (Phi) is 4.46. The zero-order valence-electron chi connectivity index (χ0n) is 14.1. The van der Waals surface area contributed by atoms with Gasteiger partial charge in [0.15, 0.2) is 0 Å². The van der Waals surface area contributed by atoms with E-state index in [2.05, 4.69) is 49.9 Å². The molecule has 0 saturated carbocycles. The largest absolute Gasteiger partial charge is 0.508 e. The summed E-state index contributed by atoms with van der Waals surface area (Å²) in [5.74, 6) is 1.15. The van der Waals surface area contributed by atoms with Crippen molar-refractivity contribution in [2.45, 2.75) is 45.8 Å². The van der Waals surface area contributed by atoms with Gasteiger partial charge in [-0.25, -0.2) is 0 Å². The number of phenolic OH excluding ortho intramolecular Hbond substituents is 1. The Balaban J connectivity index is 1.87. The Morgan fingerprint density at radius 2 is 1.91 bits per heavy atom. The second-order valence-corrected chi connectivity index (χ2v) is 6.46. The van der Waals surface area contributed by atoms with E-state index in [9.17, 15) is 5.11 Å². The summed E-state index contributed by atoms with van der Waals surface area (Å²) >= 11 is 0. The number of aromatic hydroxyl groups is 1. The van der Waals surface area contributed by atoms with Gasteiger partial charge in [-0.1, -0.05) is 31.2 Å². The molecule has 1 heterocycles. The lowest BCUT2D eigenvalue weighted by Gasteiger charge is -2.39. The van der Waals surface area contributed by atoms with Crippen LogP contribution in [0.1, 0.15) is 31.9 Å². The van der Waals surface area contributed by atoms with Crippen molar-refractivity contribution in [1.82, 2.24) is 0 Å². The minimum Gasteiger partial charge on any atom is -0.508 e. The summed E-state index contributed by atoms with van der Waals surface area (Å²) in [6.07, 6.45) is 2.08. The van der Waals surface area contributed by atoms with Crippen molar-refractivity contribution in [3.63, 3.8) is 0 Å². The maximum atomic E-state index is 9.77. The molecule has 122 valence electrons. The number of rotatable bonds is 4. The lowest BCUT2D eigenvalue weighted by Crippen LogP contribution is -2.44. The van der Waals surface area contributed by atoms with E-state index < -0.39 is 0 Å². The van der Waals surface area contributed by atoms with Gasteiger partial charge >= 0.3 is 0 Å². The average Bonchev–Trinajstić information content (AvgIpc) is 2.55. The molecule has 0 bridgehead atoms. The van der Waals surface area contributed by atoms with Crippen molar-refractivity contribution < 1.29 is 9.84 Å². The molecule has 0 radical (unpaired) electrons. The predicted octanol–water partition coefficient (Wildman–Crippen LogP) is 4.17. The van der Waals surface area contributed by atoms with E-state index in [1.807, 2.05) is 6.07 Å². The van der Waals surface area contributed by atoms with E-state index >= 15 is 0 Å². The summed E-state index contributed by atoms with van der Waals surface area (Å²) < 4.78 is 6.22. The van der Waals surface area contributed by atoms with Crippen molar-refractivity contribution in [2.75, 3.05) is 11.4 Å². The van der Waals surface area contributed by atoms with Gasteiger partial charge in [-0.15, -0.1) is 0 Å². The number of hydrogen-bond donors (Lipinski definition) is 1. The number of ether oxygens (including phenoxy) is 1. The zero-order valence-corrected chi connectivity index (χ0v) is 14.1. The molecular formula is C20H25NO2. The van der Waals surface area contributed by atoms with Gasteiger partial charge in [0.1, 0.15) is 17.6 Å². The van der Waals surface area contributed by atoms with Crippen LogP contribution in [-0.2, 0) is 12.8 Å². The number of hydrogen-bond acceptors (Lipinski definition) is 3. The second-order valence-electron chi connectivity index (χ2n) is 6.46. The van der Waals surface area contributed by atoms with Crippen LogP contribution in [0.25, 0.3) is 0 Å². The average molecular weight is 311 g/mol. The van der Waals surface area contributed by atoms with Gasteiger partial charge < -0.3 is 14.7 Å². The fraction of sp³-hybridized carbons (Fsp3) is 0.400. The first kappa shape index (κ1) is 15.7. The van der Waals surface area contributed by atoms with E-state index in [4.69, 9.17) is 4.74 Å². The zero-order chi connectivity index (χ0) is 16.4. The van der Waals surface area contributed by atoms with Crippen LogP contribution in [0.5, 0.6) is 11.5 Å². The van der Waals surface area contributed by atoms with E-state index in [0.29, 0.717) is 6.04 Å². The lowest BCUT2D eigenvalue weighted by atomic mass is 9.98. The molecule has 23 heavy (non-hydrogen) atoms.